The molecule has 0 radical (unpaired) electrons. The van der Waals surface area contributed by atoms with Gasteiger partial charge in [0.25, 0.3) is 0 Å². The molecule has 76 valence electrons. The van der Waals surface area contributed by atoms with Crippen molar-refractivity contribution in [2.24, 2.45) is 0 Å². The maximum atomic E-state index is 10.1. The minimum atomic E-state index is -1.21. The van der Waals surface area contributed by atoms with Gasteiger partial charge in [-0.15, -0.1) is 0 Å². The average molecular weight is 194 g/mol. The number of aryl methyl sites for hydroxylation is 2. The molecule has 3 heteroatoms. The Bertz CT molecular complexity index is 311. The number of carbonyl (C=O) groups is 1. The van der Waals surface area contributed by atoms with Crippen LogP contribution in [0.15, 0.2) is 18.2 Å². The highest BCUT2D eigenvalue weighted by Crippen LogP contribution is 2.13. The molecular weight excluding hydrogens is 180 g/mol. The molecule has 0 fully saturated rings. The summed E-state index contributed by atoms with van der Waals surface area (Å²) in [5.74, 6) is 0. The Kier molecular flexibility index (Phi) is 3.51. The first-order valence-corrected chi connectivity index (χ1v) is 4.52. The van der Waals surface area contributed by atoms with Crippen LogP contribution >= 0.6 is 0 Å². The van der Waals surface area contributed by atoms with Crippen LogP contribution in [-0.4, -0.2) is 17.9 Å². The second-order valence-electron chi connectivity index (χ2n) is 3.23. The van der Waals surface area contributed by atoms with E-state index in [1.807, 2.05) is 32.0 Å². The monoisotopic (exact) mass is 194 g/mol. The summed E-state index contributed by atoms with van der Waals surface area (Å²) in [6.07, 6.45) is -0.568. The topological polar surface area (TPSA) is 46.5 Å². The van der Waals surface area contributed by atoms with Gasteiger partial charge in [-0.2, -0.15) is 0 Å². The molecule has 0 aliphatic rings. The Morgan fingerprint density at radius 2 is 1.93 bits per heavy atom. The number of hydrogen-bond donors (Lipinski definition) is 1. The number of ether oxygens (including phenoxy) is 1. The van der Waals surface area contributed by atoms with E-state index in [2.05, 4.69) is 4.74 Å². The molecule has 0 aliphatic heterocycles. The van der Waals surface area contributed by atoms with Gasteiger partial charge in [0, 0.05) is 6.42 Å². The fourth-order valence-electron chi connectivity index (χ4n) is 1.48. The molecule has 0 unspecified atom stereocenters. The number of benzene rings is 1. The highest BCUT2D eigenvalue weighted by Gasteiger charge is 2.03. The fourth-order valence-corrected chi connectivity index (χ4v) is 1.48. The Balaban J connectivity index is 2.62. The van der Waals surface area contributed by atoms with Gasteiger partial charge in [-0.1, -0.05) is 18.2 Å². The summed E-state index contributed by atoms with van der Waals surface area (Å²) >= 11 is 0. The summed E-state index contributed by atoms with van der Waals surface area (Å²) in [6.45, 7) is 4.26. The van der Waals surface area contributed by atoms with Crippen LogP contribution < -0.4 is 0 Å². The van der Waals surface area contributed by atoms with Crippen molar-refractivity contribution in [1.82, 2.24) is 0 Å². The van der Waals surface area contributed by atoms with E-state index in [0.717, 1.165) is 0 Å². The maximum Gasteiger partial charge on any atom is 0.505 e. The molecule has 1 aromatic rings. The highest BCUT2D eigenvalue weighted by atomic mass is 16.7. The van der Waals surface area contributed by atoms with Crippen LogP contribution in [0.1, 0.15) is 16.7 Å². The maximum absolute atomic E-state index is 10.1. The molecule has 0 saturated heterocycles. The number of hydrogen-bond acceptors (Lipinski definition) is 2. The Hall–Kier alpha value is -1.51. The third-order valence-corrected chi connectivity index (χ3v) is 2.22. The molecule has 0 bridgehead atoms. The minimum Gasteiger partial charge on any atom is -0.450 e. The molecule has 0 aromatic heterocycles. The van der Waals surface area contributed by atoms with E-state index in [0.29, 0.717) is 6.42 Å². The van der Waals surface area contributed by atoms with E-state index in [1.165, 1.54) is 16.7 Å². The van der Waals surface area contributed by atoms with Crippen molar-refractivity contribution in [2.75, 3.05) is 6.61 Å². The summed E-state index contributed by atoms with van der Waals surface area (Å²) in [4.78, 5) is 10.1. The van der Waals surface area contributed by atoms with Crippen LogP contribution in [0.2, 0.25) is 0 Å². The van der Waals surface area contributed by atoms with Crippen molar-refractivity contribution in [3.05, 3.63) is 34.9 Å². The predicted octanol–water partition coefficient (Wildman–Crippen LogP) is 2.54. The van der Waals surface area contributed by atoms with Gasteiger partial charge < -0.3 is 9.84 Å². The fraction of sp³-hybridized carbons (Fsp3) is 0.364. The van der Waals surface area contributed by atoms with E-state index in [1.54, 1.807) is 0 Å². The van der Waals surface area contributed by atoms with Crippen LogP contribution in [-0.2, 0) is 11.2 Å². The molecule has 0 saturated carbocycles. The molecule has 0 heterocycles. The van der Waals surface area contributed by atoms with Crippen LogP contribution in [0, 0.1) is 13.8 Å². The van der Waals surface area contributed by atoms with Crippen LogP contribution in [0.4, 0.5) is 4.79 Å². The summed E-state index contributed by atoms with van der Waals surface area (Å²) < 4.78 is 4.47. The smallest absolute Gasteiger partial charge is 0.450 e. The van der Waals surface area contributed by atoms with E-state index in [9.17, 15) is 4.79 Å². The third-order valence-electron chi connectivity index (χ3n) is 2.22. The van der Waals surface area contributed by atoms with Crippen molar-refractivity contribution in [2.45, 2.75) is 20.3 Å². The van der Waals surface area contributed by atoms with Gasteiger partial charge in [-0.3, -0.25) is 0 Å². The van der Waals surface area contributed by atoms with E-state index in [4.69, 9.17) is 5.11 Å². The summed E-state index contributed by atoms with van der Waals surface area (Å²) in [6, 6.07) is 6.03. The highest BCUT2D eigenvalue weighted by molar-refractivity contribution is 5.56. The zero-order chi connectivity index (χ0) is 10.6. The lowest BCUT2D eigenvalue weighted by Gasteiger charge is -2.08. The van der Waals surface area contributed by atoms with Crippen LogP contribution in [0.25, 0.3) is 0 Å². The summed E-state index contributed by atoms with van der Waals surface area (Å²) in [5, 5.41) is 8.31. The normalized spacial score (nSPS) is 9.86. The second-order valence-corrected chi connectivity index (χ2v) is 3.23. The first kappa shape index (κ1) is 10.6. The lowest BCUT2D eigenvalue weighted by molar-refractivity contribution is 0.0926. The van der Waals surface area contributed by atoms with Crippen molar-refractivity contribution >= 4 is 6.16 Å². The van der Waals surface area contributed by atoms with E-state index < -0.39 is 6.16 Å². The third kappa shape index (κ3) is 2.76. The molecular formula is C11H14O3. The first-order chi connectivity index (χ1) is 6.61. The zero-order valence-electron chi connectivity index (χ0n) is 8.41. The SMILES string of the molecule is Cc1cccc(C)c1CCOC(=O)O. The first-order valence-electron chi connectivity index (χ1n) is 4.52. The molecule has 3 nitrogen and oxygen atoms in total. The largest absolute Gasteiger partial charge is 0.505 e. The van der Waals surface area contributed by atoms with Crippen molar-refractivity contribution in [3.63, 3.8) is 0 Å². The van der Waals surface area contributed by atoms with E-state index >= 15 is 0 Å². The standard InChI is InChI=1S/C11H14O3/c1-8-4-3-5-9(2)10(8)6-7-14-11(12)13/h3-5H,6-7H2,1-2H3,(H,12,13). The molecule has 0 spiro atoms. The van der Waals surface area contributed by atoms with Crippen LogP contribution in [0.5, 0.6) is 0 Å². The molecule has 0 amide bonds. The van der Waals surface area contributed by atoms with Gasteiger partial charge in [0.2, 0.25) is 0 Å². The molecule has 1 aromatic carbocycles. The van der Waals surface area contributed by atoms with Gasteiger partial charge in [0.05, 0.1) is 6.61 Å². The number of carboxylic acid groups (broad SMARTS) is 1. The van der Waals surface area contributed by atoms with Gasteiger partial charge in [-0.25, -0.2) is 4.79 Å². The van der Waals surface area contributed by atoms with Crippen LogP contribution in [0.3, 0.4) is 0 Å². The molecule has 0 aliphatic carbocycles. The Morgan fingerprint density at radius 1 is 1.36 bits per heavy atom. The van der Waals surface area contributed by atoms with Crippen molar-refractivity contribution in [3.8, 4) is 0 Å². The average Bonchev–Trinajstić information content (AvgIpc) is 2.09. The molecule has 14 heavy (non-hydrogen) atoms. The van der Waals surface area contributed by atoms with Gasteiger partial charge in [0.1, 0.15) is 0 Å². The van der Waals surface area contributed by atoms with Gasteiger partial charge >= 0.3 is 6.16 Å². The molecule has 1 N–H and O–H groups in total. The van der Waals surface area contributed by atoms with Gasteiger partial charge in [-0.05, 0) is 30.5 Å². The van der Waals surface area contributed by atoms with Crippen molar-refractivity contribution < 1.29 is 14.6 Å². The van der Waals surface area contributed by atoms with E-state index in [-0.39, 0.29) is 6.61 Å². The Morgan fingerprint density at radius 3 is 2.43 bits per heavy atom. The lowest BCUT2D eigenvalue weighted by Crippen LogP contribution is -2.06. The van der Waals surface area contributed by atoms with Crippen molar-refractivity contribution in [1.29, 1.82) is 0 Å². The molecule has 0 atom stereocenters. The minimum absolute atomic E-state index is 0.223. The zero-order valence-corrected chi connectivity index (χ0v) is 8.41. The quantitative estimate of drug-likeness (QED) is 0.752. The molecule has 1 rings (SSSR count). The summed E-state index contributed by atoms with van der Waals surface area (Å²) in [7, 11) is 0. The van der Waals surface area contributed by atoms with Gasteiger partial charge in [0.15, 0.2) is 0 Å². The summed E-state index contributed by atoms with van der Waals surface area (Å²) in [5.41, 5.74) is 3.53. The predicted molar refractivity (Wildman–Crippen MR) is 53.6 cm³/mol. The Labute approximate surface area is 83.3 Å². The number of rotatable bonds is 3. The lowest BCUT2D eigenvalue weighted by atomic mass is 10.0. The second kappa shape index (κ2) is 4.65.